The van der Waals surface area contributed by atoms with Crippen LogP contribution in [0.1, 0.15) is 5.69 Å². The van der Waals surface area contributed by atoms with Gasteiger partial charge >= 0.3 is 0 Å². The van der Waals surface area contributed by atoms with Crippen molar-refractivity contribution >= 4 is 22.6 Å². The third-order valence-corrected chi connectivity index (χ3v) is 2.71. The molecular weight excluding hydrogens is 333 g/mol. The van der Waals surface area contributed by atoms with Gasteiger partial charge in [0.05, 0.1) is 6.20 Å². The lowest BCUT2D eigenvalue weighted by molar-refractivity contribution is 0.446. The molecule has 0 aliphatic heterocycles. The second kappa shape index (κ2) is 4.97. The minimum Gasteiger partial charge on any atom is -0.505 e. The summed E-state index contributed by atoms with van der Waals surface area (Å²) in [5, 5.41) is 18.1. The summed E-state index contributed by atoms with van der Waals surface area (Å²) in [5.74, 6) is 0.718. The van der Waals surface area contributed by atoms with Crippen LogP contribution in [0.15, 0.2) is 30.6 Å². The van der Waals surface area contributed by atoms with Gasteiger partial charge in [-0.05, 0) is 34.7 Å². The van der Waals surface area contributed by atoms with Gasteiger partial charge in [0.1, 0.15) is 15.5 Å². The largest absolute Gasteiger partial charge is 0.505 e. The number of rotatable bonds is 2. The first kappa shape index (κ1) is 11.6. The lowest BCUT2D eigenvalue weighted by Gasteiger charge is -2.06. The van der Waals surface area contributed by atoms with Crippen LogP contribution in [0.4, 0.5) is 0 Å². The summed E-state index contributed by atoms with van der Waals surface area (Å²) in [6, 6.07) is 6.61. The Balaban J connectivity index is 2.29. The van der Waals surface area contributed by atoms with Gasteiger partial charge in [0.15, 0.2) is 17.2 Å². The summed E-state index contributed by atoms with van der Waals surface area (Å²) >= 11 is 2.04. The summed E-state index contributed by atoms with van der Waals surface area (Å²) in [4.78, 5) is 7.82. The molecule has 0 aliphatic carbocycles. The second-order valence-corrected chi connectivity index (χ2v) is 4.07. The smallest absolute Gasteiger partial charge is 0.182 e. The maximum absolute atomic E-state index is 9.46. The Labute approximate surface area is 111 Å². The molecule has 2 rings (SSSR count). The maximum Gasteiger partial charge on any atom is 0.182 e. The van der Waals surface area contributed by atoms with Crippen LogP contribution in [0.3, 0.4) is 0 Å². The molecule has 6 heteroatoms. The van der Waals surface area contributed by atoms with Crippen LogP contribution in [-0.4, -0.2) is 15.1 Å². The van der Waals surface area contributed by atoms with Crippen LogP contribution in [0.2, 0.25) is 0 Å². The van der Waals surface area contributed by atoms with Crippen LogP contribution in [0.25, 0.3) is 0 Å². The average molecular weight is 339 g/mol. The second-order valence-electron chi connectivity index (χ2n) is 3.04. The zero-order valence-corrected chi connectivity index (χ0v) is 10.6. The zero-order valence-electron chi connectivity index (χ0n) is 8.46. The summed E-state index contributed by atoms with van der Waals surface area (Å²) in [6.07, 6.45) is 3.03. The highest BCUT2D eigenvalue weighted by Crippen LogP contribution is 2.27. The molecule has 0 radical (unpaired) electrons. The fraction of sp³-hybridized carbons (Fsp3) is 0. The van der Waals surface area contributed by atoms with Gasteiger partial charge in [-0.15, -0.1) is 0 Å². The van der Waals surface area contributed by atoms with Crippen molar-refractivity contribution in [1.82, 2.24) is 9.97 Å². The molecule has 0 unspecified atom stereocenters. The van der Waals surface area contributed by atoms with Crippen molar-refractivity contribution in [3.63, 3.8) is 0 Å². The van der Waals surface area contributed by atoms with E-state index in [9.17, 15) is 5.11 Å². The van der Waals surface area contributed by atoms with Crippen molar-refractivity contribution in [2.24, 2.45) is 0 Å². The molecule has 0 saturated carbocycles. The minimum atomic E-state index is -0.205. The van der Waals surface area contributed by atoms with E-state index in [2.05, 4.69) is 9.97 Å². The van der Waals surface area contributed by atoms with Gasteiger partial charge in [-0.25, -0.2) is 9.97 Å². The molecule has 2 heterocycles. The van der Waals surface area contributed by atoms with Crippen molar-refractivity contribution < 1.29 is 9.84 Å². The molecule has 0 fully saturated rings. The van der Waals surface area contributed by atoms with E-state index < -0.39 is 0 Å². The SMILES string of the molecule is N#Cc1ncc(Oc2cccnc2I)cc1O. The number of hydrogen-bond donors (Lipinski definition) is 1. The third kappa shape index (κ3) is 2.62. The van der Waals surface area contributed by atoms with Gasteiger partial charge in [0.25, 0.3) is 0 Å². The fourth-order valence-electron chi connectivity index (χ4n) is 1.15. The predicted octanol–water partition coefficient (Wildman–Crippen LogP) is 2.45. The molecule has 2 aromatic heterocycles. The highest BCUT2D eigenvalue weighted by molar-refractivity contribution is 14.1. The average Bonchev–Trinajstić information content (AvgIpc) is 2.32. The van der Waals surface area contributed by atoms with Gasteiger partial charge in [0.2, 0.25) is 0 Å². The van der Waals surface area contributed by atoms with Gasteiger partial charge in [0, 0.05) is 12.3 Å². The molecule has 1 N–H and O–H groups in total. The molecule has 0 aromatic carbocycles. The predicted molar refractivity (Wildman–Crippen MR) is 67.6 cm³/mol. The zero-order chi connectivity index (χ0) is 12.3. The summed E-state index contributed by atoms with van der Waals surface area (Å²) in [6.45, 7) is 0. The molecule has 0 atom stereocenters. The number of hydrogen-bond acceptors (Lipinski definition) is 5. The van der Waals surface area contributed by atoms with Gasteiger partial charge < -0.3 is 9.84 Å². The minimum absolute atomic E-state index is 0.0294. The Morgan fingerprint density at radius 1 is 1.41 bits per heavy atom. The van der Waals surface area contributed by atoms with Crippen LogP contribution in [0, 0.1) is 15.0 Å². The van der Waals surface area contributed by atoms with Gasteiger partial charge in [-0.3, -0.25) is 0 Å². The van der Waals surface area contributed by atoms with E-state index in [0.29, 0.717) is 15.2 Å². The number of halogens is 1. The summed E-state index contributed by atoms with van der Waals surface area (Å²) < 4.78 is 6.19. The maximum atomic E-state index is 9.46. The lowest BCUT2D eigenvalue weighted by atomic mass is 10.3. The highest BCUT2D eigenvalue weighted by Gasteiger charge is 2.07. The summed E-state index contributed by atoms with van der Waals surface area (Å²) in [7, 11) is 0. The van der Waals surface area contributed by atoms with Crippen molar-refractivity contribution in [2.45, 2.75) is 0 Å². The number of nitrogens with zero attached hydrogens (tertiary/aromatic N) is 3. The van der Waals surface area contributed by atoms with E-state index in [0.717, 1.165) is 0 Å². The molecule has 0 bridgehead atoms. The lowest BCUT2D eigenvalue weighted by Crippen LogP contribution is -1.91. The topological polar surface area (TPSA) is 79.0 Å². The van der Waals surface area contributed by atoms with Crippen molar-refractivity contribution in [2.75, 3.05) is 0 Å². The Hall–Kier alpha value is -1.88. The van der Waals surface area contributed by atoms with E-state index >= 15 is 0 Å². The molecular formula is C11H6IN3O2. The van der Waals surface area contributed by atoms with E-state index in [1.807, 2.05) is 22.6 Å². The van der Waals surface area contributed by atoms with Gasteiger partial charge in [-0.2, -0.15) is 5.26 Å². The van der Waals surface area contributed by atoms with Crippen LogP contribution in [-0.2, 0) is 0 Å². The number of aromatic nitrogens is 2. The van der Waals surface area contributed by atoms with Crippen molar-refractivity contribution in [3.05, 3.63) is 40.0 Å². The van der Waals surface area contributed by atoms with Gasteiger partial charge in [-0.1, -0.05) is 0 Å². The van der Waals surface area contributed by atoms with E-state index in [-0.39, 0.29) is 11.4 Å². The molecule has 0 amide bonds. The Morgan fingerprint density at radius 3 is 2.88 bits per heavy atom. The van der Waals surface area contributed by atoms with E-state index in [4.69, 9.17) is 10.00 Å². The normalized spacial score (nSPS) is 9.65. The molecule has 0 spiro atoms. The molecule has 2 aromatic rings. The molecule has 17 heavy (non-hydrogen) atoms. The van der Waals surface area contributed by atoms with Crippen molar-refractivity contribution in [1.29, 1.82) is 5.26 Å². The number of nitriles is 1. The number of aromatic hydroxyl groups is 1. The Kier molecular flexibility index (Phi) is 3.39. The number of ether oxygens (including phenoxy) is 1. The molecule has 0 saturated heterocycles. The molecule has 84 valence electrons. The van der Waals surface area contributed by atoms with Crippen LogP contribution < -0.4 is 4.74 Å². The monoisotopic (exact) mass is 339 g/mol. The summed E-state index contributed by atoms with van der Waals surface area (Å²) in [5.41, 5.74) is -0.0294. The van der Waals surface area contributed by atoms with E-state index in [1.165, 1.54) is 12.3 Å². The Morgan fingerprint density at radius 2 is 2.24 bits per heavy atom. The standard InChI is InChI=1S/C11H6IN3O2/c12-11-10(2-1-3-14-11)17-7-4-9(16)8(5-13)15-6-7/h1-4,6,16H. The number of pyridine rings is 2. The van der Waals surface area contributed by atoms with Crippen LogP contribution >= 0.6 is 22.6 Å². The first-order chi connectivity index (χ1) is 8.20. The quantitative estimate of drug-likeness (QED) is 0.672. The fourth-order valence-corrected chi connectivity index (χ4v) is 1.60. The van der Waals surface area contributed by atoms with E-state index in [1.54, 1.807) is 24.4 Å². The van der Waals surface area contributed by atoms with Crippen LogP contribution in [0.5, 0.6) is 17.2 Å². The third-order valence-electron chi connectivity index (χ3n) is 1.90. The highest BCUT2D eigenvalue weighted by atomic mass is 127. The molecule has 5 nitrogen and oxygen atoms in total. The first-order valence-electron chi connectivity index (χ1n) is 4.58. The Bertz CT molecular complexity index is 596. The molecule has 0 aliphatic rings. The first-order valence-corrected chi connectivity index (χ1v) is 5.66. The van der Waals surface area contributed by atoms with Crippen molar-refractivity contribution in [3.8, 4) is 23.3 Å².